The number of alkyl carbamates (subject to hydrolysis) is 1. The molecule has 1 aliphatic heterocycles. The second kappa shape index (κ2) is 10.6. The maximum absolute atomic E-state index is 11.8. The highest BCUT2D eigenvalue weighted by molar-refractivity contribution is 6.62. The molecule has 0 atom stereocenters. The average Bonchev–Trinajstić information content (AvgIpc) is 3.37. The summed E-state index contributed by atoms with van der Waals surface area (Å²) in [6.07, 6.45) is 2.22. The van der Waals surface area contributed by atoms with Gasteiger partial charge < -0.3 is 24.3 Å². The van der Waals surface area contributed by atoms with Crippen molar-refractivity contribution in [3.8, 4) is 11.1 Å². The zero-order chi connectivity index (χ0) is 28.7. The van der Waals surface area contributed by atoms with Crippen LogP contribution in [-0.2, 0) is 20.5 Å². The van der Waals surface area contributed by atoms with Gasteiger partial charge in [0.15, 0.2) is 0 Å². The summed E-state index contributed by atoms with van der Waals surface area (Å²) < 4.78 is 17.8. The van der Waals surface area contributed by atoms with Gasteiger partial charge >= 0.3 is 13.2 Å². The van der Waals surface area contributed by atoms with Gasteiger partial charge in [0.1, 0.15) is 11.4 Å². The van der Waals surface area contributed by atoms with E-state index in [2.05, 4.69) is 92.6 Å². The molecule has 1 saturated heterocycles. The average molecular weight is 542 g/mol. The summed E-state index contributed by atoms with van der Waals surface area (Å²) in [5.41, 5.74) is 4.10. The first-order valence-electron chi connectivity index (χ1n) is 14.1. The Kier molecular flexibility index (Phi) is 7.44. The first-order chi connectivity index (χ1) is 18.8. The first kappa shape index (κ1) is 28.2. The second-order valence-electron chi connectivity index (χ2n) is 12.7. The molecule has 8 heteroatoms. The van der Waals surface area contributed by atoms with Gasteiger partial charge in [0.05, 0.1) is 22.2 Å². The van der Waals surface area contributed by atoms with Gasteiger partial charge in [-0.25, -0.2) is 9.78 Å². The van der Waals surface area contributed by atoms with E-state index in [1.54, 1.807) is 0 Å². The number of hydrogen-bond donors (Lipinski definition) is 2. The Balaban J connectivity index is 1.23. The molecule has 40 heavy (non-hydrogen) atoms. The zero-order valence-corrected chi connectivity index (χ0v) is 24.7. The van der Waals surface area contributed by atoms with E-state index in [1.165, 1.54) is 5.39 Å². The minimum Gasteiger partial charge on any atom is -0.444 e. The smallest absolute Gasteiger partial charge is 0.444 e. The van der Waals surface area contributed by atoms with Crippen LogP contribution in [0.15, 0.2) is 54.6 Å². The molecule has 0 unspecified atom stereocenters. The Morgan fingerprint density at radius 1 is 0.925 bits per heavy atom. The number of aryl methyl sites for hydroxylation is 1. The topological polar surface area (TPSA) is 85.5 Å². The lowest BCUT2D eigenvalue weighted by Crippen LogP contribution is -2.41. The van der Waals surface area contributed by atoms with Crippen LogP contribution in [0.3, 0.4) is 0 Å². The lowest BCUT2D eigenvalue weighted by atomic mass is 9.78. The molecule has 2 heterocycles. The molecule has 7 nitrogen and oxygen atoms in total. The van der Waals surface area contributed by atoms with Gasteiger partial charge in [0.25, 0.3) is 0 Å². The maximum atomic E-state index is 11.8. The molecule has 210 valence electrons. The van der Waals surface area contributed by atoms with E-state index < -0.39 is 5.60 Å². The first-order valence-corrected chi connectivity index (χ1v) is 14.1. The predicted octanol–water partition coefficient (Wildman–Crippen LogP) is 6.53. The van der Waals surface area contributed by atoms with E-state index in [0.717, 1.165) is 58.1 Å². The van der Waals surface area contributed by atoms with Crippen molar-refractivity contribution in [1.29, 1.82) is 0 Å². The van der Waals surface area contributed by atoms with Crippen molar-refractivity contribution in [3.63, 3.8) is 0 Å². The summed E-state index contributed by atoms with van der Waals surface area (Å²) in [6.45, 7) is 14.5. The fraction of sp³-hybridized carbons (Fsp3) is 0.438. The predicted molar refractivity (Wildman–Crippen MR) is 162 cm³/mol. The number of ether oxygens (including phenoxy) is 1. The van der Waals surface area contributed by atoms with Crippen molar-refractivity contribution in [2.45, 2.75) is 84.5 Å². The quantitative estimate of drug-likeness (QED) is 0.205. The zero-order valence-electron chi connectivity index (χ0n) is 24.7. The molecule has 1 fully saturated rings. The summed E-state index contributed by atoms with van der Waals surface area (Å²) in [5.74, 6) is 0.957. The van der Waals surface area contributed by atoms with E-state index in [1.807, 2.05) is 20.8 Å². The molecule has 1 amide bonds. The van der Waals surface area contributed by atoms with Crippen molar-refractivity contribution >= 4 is 40.5 Å². The second-order valence-corrected chi connectivity index (χ2v) is 12.7. The number of hydrogen-bond acceptors (Lipinski definition) is 5. The van der Waals surface area contributed by atoms with Crippen molar-refractivity contribution < 1.29 is 18.8 Å². The van der Waals surface area contributed by atoms with E-state index in [4.69, 9.17) is 19.0 Å². The Morgan fingerprint density at radius 3 is 2.30 bits per heavy atom. The van der Waals surface area contributed by atoms with Gasteiger partial charge in [-0.15, -0.1) is 0 Å². The van der Waals surface area contributed by atoms with Crippen molar-refractivity contribution in [2.75, 3.05) is 6.54 Å². The lowest BCUT2D eigenvalue weighted by molar-refractivity contribution is 0.00578. The molecule has 1 aromatic heterocycles. The molecule has 0 aliphatic carbocycles. The minimum atomic E-state index is -0.483. The van der Waals surface area contributed by atoms with Crippen LogP contribution in [0.4, 0.5) is 4.79 Å². The summed E-state index contributed by atoms with van der Waals surface area (Å²) in [7, 11) is -0.368. The molecular formula is C32H40BN3O4. The molecule has 4 aromatic rings. The van der Waals surface area contributed by atoms with Gasteiger partial charge in [-0.3, -0.25) is 0 Å². The standard InChI is InChI=1S/C32H40BN3O4/c1-30(2,3)38-29(37)34-17-9-8-10-28-35-26-16-14-24(20-27(26)36-28)21-11-12-23-19-25(15-13-22(23)18-21)33-39-31(4,5)32(6,7)40-33/h11-16,18-20H,8-10,17H2,1-7H3,(H,34,37)(H,35,36). The van der Waals surface area contributed by atoms with Crippen molar-refractivity contribution in [2.24, 2.45) is 0 Å². The fourth-order valence-corrected chi connectivity index (χ4v) is 4.85. The van der Waals surface area contributed by atoms with Crippen molar-refractivity contribution in [3.05, 3.63) is 60.4 Å². The third kappa shape index (κ3) is 6.18. The number of benzene rings is 3. The van der Waals surface area contributed by atoms with E-state index in [0.29, 0.717) is 6.54 Å². The third-order valence-electron chi connectivity index (χ3n) is 7.76. The third-order valence-corrected chi connectivity index (χ3v) is 7.76. The van der Waals surface area contributed by atoms with E-state index in [-0.39, 0.29) is 24.4 Å². The number of carbonyl (C=O) groups is 1. The molecular weight excluding hydrogens is 501 g/mol. The number of aromatic nitrogens is 2. The van der Waals surface area contributed by atoms with Crippen LogP contribution >= 0.6 is 0 Å². The van der Waals surface area contributed by atoms with Gasteiger partial charge in [-0.1, -0.05) is 36.4 Å². The summed E-state index contributed by atoms with van der Waals surface area (Å²) in [5, 5.41) is 5.13. The van der Waals surface area contributed by atoms with Crippen LogP contribution in [0.5, 0.6) is 0 Å². The number of carbonyl (C=O) groups excluding carboxylic acids is 1. The van der Waals surface area contributed by atoms with Gasteiger partial charge in [-0.2, -0.15) is 0 Å². The number of aromatic amines is 1. The van der Waals surface area contributed by atoms with Crippen LogP contribution in [0.25, 0.3) is 32.9 Å². The summed E-state index contributed by atoms with van der Waals surface area (Å²) >= 11 is 0. The Morgan fingerprint density at radius 2 is 1.57 bits per heavy atom. The fourth-order valence-electron chi connectivity index (χ4n) is 4.85. The molecule has 0 saturated carbocycles. The number of rotatable bonds is 7. The van der Waals surface area contributed by atoms with Crippen molar-refractivity contribution in [1.82, 2.24) is 15.3 Å². The largest absolute Gasteiger partial charge is 0.494 e. The molecule has 3 aromatic carbocycles. The van der Waals surface area contributed by atoms with Gasteiger partial charge in [-0.05, 0) is 107 Å². The molecule has 2 N–H and O–H groups in total. The lowest BCUT2D eigenvalue weighted by Gasteiger charge is -2.32. The molecule has 0 radical (unpaired) electrons. The van der Waals surface area contributed by atoms with Crippen LogP contribution in [0, 0.1) is 0 Å². The number of amides is 1. The number of imidazole rings is 1. The summed E-state index contributed by atoms with van der Waals surface area (Å²) in [6, 6.07) is 19.3. The number of unbranched alkanes of at least 4 members (excludes halogenated alkanes) is 1. The number of H-pyrrole nitrogens is 1. The van der Waals surface area contributed by atoms with Crippen LogP contribution in [-0.4, -0.2) is 46.5 Å². The maximum Gasteiger partial charge on any atom is 0.494 e. The highest BCUT2D eigenvalue weighted by atomic mass is 16.7. The molecule has 5 rings (SSSR count). The number of fused-ring (bicyclic) bond motifs is 2. The SMILES string of the molecule is CC(C)(C)OC(=O)NCCCCc1nc2ccc(-c3ccc4cc(B5OC(C)(C)C(C)(C)O5)ccc4c3)cc2[nH]1. The Bertz CT molecular complexity index is 1520. The van der Waals surface area contributed by atoms with Crippen LogP contribution in [0.2, 0.25) is 0 Å². The molecule has 0 bridgehead atoms. The normalized spacial score (nSPS) is 16.5. The minimum absolute atomic E-state index is 0.360. The highest BCUT2D eigenvalue weighted by Crippen LogP contribution is 2.37. The monoisotopic (exact) mass is 541 g/mol. The number of nitrogens with zero attached hydrogens (tertiary/aromatic N) is 1. The van der Waals surface area contributed by atoms with Crippen LogP contribution < -0.4 is 10.8 Å². The van der Waals surface area contributed by atoms with E-state index >= 15 is 0 Å². The Hall–Kier alpha value is -3.36. The summed E-state index contributed by atoms with van der Waals surface area (Å²) in [4.78, 5) is 20.0. The molecule has 1 aliphatic rings. The van der Waals surface area contributed by atoms with Gasteiger partial charge in [0.2, 0.25) is 0 Å². The Labute approximate surface area is 237 Å². The number of nitrogens with one attached hydrogen (secondary N) is 2. The van der Waals surface area contributed by atoms with Gasteiger partial charge in [0, 0.05) is 13.0 Å². The molecule has 0 spiro atoms. The highest BCUT2D eigenvalue weighted by Gasteiger charge is 2.51. The van der Waals surface area contributed by atoms with Crippen LogP contribution in [0.1, 0.15) is 67.1 Å². The van der Waals surface area contributed by atoms with E-state index in [9.17, 15) is 4.79 Å².